The molecule has 0 radical (unpaired) electrons. The Morgan fingerprint density at radius 3 is 2.62 bits per heavy atom. The van der Waals surface area contributed by atoms with Crippen LogP contribution >= 0.6 is 0 Å². The number of hydrogen-bond donors (Lipinski definition) is 2. The van der Waals surface area contributed by atoms with Gasteiger partial charge in [-0.05, 0) is 38.0 Å². The van der Waals surface area contributed by atoms with Crippen molar-refractivity contribution in [2.45, 2.75) is 33.2 Å². The number of nitrogens with zero attached hydrogens (tertiary/aromatic N) is 1. The zero-order valence-corrected chi connectivity index (χ0v) is 8.46. The minimum atomic E-state index is 0.165. The Morgan fingerprint density at radius 2 is 2.15 bits per heavy atom. The summed E-state index contributed by atoms with van der Waals surface area (Å²) in [6.07, 6.45) is 0.951. The molecule has 1 aromatic heterocycles. The molecule has 0 saturated heterocycles. The summed E-state index contributed by atoms with van der Waals surface area (Å²) in [7, 11) is 0. The van der Waals surface area contributed by atoms with Crippen molar-refractivity contribution in [3.63, 3.8) is 0 Å². The van der Waals surface area contributed by atoms with Gasteiger partial charge in [0.25, 0.3) is 0 Å². The smallest absolute Gasteiger partial charge is 0.0629 e. The minimum absolute atomic E-state index is 0.165. The van der Waals surface area contributed by atoms with Crippen LogP contribution in [-0.2, 0) is 0 Å². The first kappa shape index (κ1) is 10.2. The average Bonchev–Trinajstić information content (AvgIpc) is 2.04. The van der Waals surface area contributed by atoms with Gasteiger partial charge in [0.15, 0.2) is 0 Å². The molecule has 1 atom stereocenters. The van der Waals surface area contributed by atoms with Crippen molar-refractivity contribution in [3.8, 4) is 0 Å². The van der Waals surface area contributed by atoms with E-state index in [0.29, 0.717) is 0 Å². The predicted octanol–water partition coefficient (Wildman–Crippen LogP) is 1.61. The topological polar surface area (TPSA) is 50.9 Å². The van der Waals surface area contributed by atoms with Crippen molar-refractivity contribution >= 4 is 0 Å². The Kier molecular flexibility index (Phi) is 3.39. The molecule has 13 heavy (non-hydrogen) atoms. The van der Waals surface area contributed by atoms with E-state index in [1.807, 2.05) is 6.92 Å². The first-order valence-electron chi connectivity index (χ1n) is 4.58. The average molecular weight is 179 g/mol. The second-order valence-electron chi connectivity index (χ2n) is 3.34. The van der Waals surface area contributed by atoms with E-state index in [9.17, 15) is 0 Å². The van der Waals surface area contributed by atoms with Crippen LogP contribution in [0.15, 0.2) is 12.1 Å². The van der Waals surface area contributed by atoms with Crippen molar-refractivity contribution in [1.82, 2.24) is 10.4 Å². The molecule has 0 saturated carbocycles. The molecule has 1 aromatic rings. The fourth-order valence-corrected chi connectivity index (χ4v) is 1.46. The van der Waals surface area contributed by atoms with Crippen LogP contribution in [0.4, 0.5) is 0 Å². The molecule has 0 bridgehead atoms. The maximum absolute atomic E-state index is 5.43. The number of aromatic nitrogens is 1. The second kappa shape index (κ2) is 4.35. The van der Waals surface area contributed by atoms with Gasteiger partial charge in [0.05, 0.1) is 11.7 Å². The van der Waals surface area contributed by atoms with Crippen LogP contribution in [0.5, 0.6) is 0 Å². The molecular formula is C10H17N3. The number of rotatable bonds is 3. The molecule has 0 amide bonds. The van der Waals surface area contributed by atoms with E-state index in [1.165, 1.54) is 5.56 Å². The zero-order valence-electron chi connectivity index (χ0n) is 8.46. The highest BCUT2D eigenvalue weighted by atomic mass is 15.2. The summed E-state index contributed by atoms with van der Waals surface area (Å²) < 4.78 is 0. The lowest BCUT2D eigenvalue weighted by Gasteiger charge is -2.13. The third-order valence-electron chi connectivity index (χ3n) is 2.08. The van der Waals surface area contributed by atoms with Crippen LogP contribution in [0, 0.1) is 13.8 Å². The van der Waals surface area contributed by atoms with E-state index in [0.717, 1.165) is 17.8 Å². The third-order valence-corrected chi connectivity index (χ3v) is 2.08. The number of hydrogen-bond acceptors (Lipinski definition) is 3. The van der Waals surface area contributed by atoms with Crippen molar-refractivity contribution < 1.29 is 0 Å². The number of hydrazine groups is 1. The lowest BCUT2D eigenvalue weighted by molar-refractivity contribution is 0.524. The lowest BCUT2D eigenvalue weighted by Crippen LogP contribution is -2.28. The van der Waals surface area contributed by atoms with E-state index in [-0.39, 0.29) is 6.04 Å². The minimum Gasteiger partial charge on any atom is -0.271 e. The van der Waals surface area contributed by atoms with Gasteiger partial charge < -0.3 is 0 Å². The van der Waals surface area contributed by atoms with Gasteiger partial charge in [0.2, 0.25) is 0 Å². The summed E-state index contributed by atoms with van der Waals surface area (Å²) in [6, 6.07) is 4.30. The highest BCUT2D eigenvalue weighted by molar-refractivity contribution is 5.21. The van der Waals surface area contributed by atoms with E-state index < -0.39 is 0 Å². The Balaban J connectivity index is 2.99. The molecule has 72 valence electrons. The molecule has 0 aliphatic rings. The SMILES string of the molecule is CCC(NN)c1cc(C)cc(C)n1. The van der Waals surface area contributed by atoms with Crippen LogP contribution in [0.25, 0.3) is 0 Å². The molecule has 1 rings (SSSR count). The molecule has 0 aliphatic carbocycles. The Morgan fingerprint density at radius 1 is 1.46 bits per heavy atom. The van der Waals surface area contributed by atoms with E-state index in [4.69, 9.17) is 5.84 Å². The first-order valence-corrected chi connectivity index (χ1v) is 4.58. The quantitative estimate of drug-likeness (QED) is 0.547. The van der Waals surface area contributed by atoms with E-state index in [2.05, 4.69) is 36.4 Å². The van der Waals surface area contributed by atoms with Gasteiger partial charge in [0, 0.05) is 5.69 Å². The molecule has 0 aromatic carbocycles. The monoisotopic (exact) mass is 179 g/mol. The molecule has 3 heteroatoms. The standard InChI is InChI=1S/C10H17N3/c1-4-9(13-11)10-6-7(2)5-8(3)12-10/h5-6,9,13H,4,11H2,1-3H3. The van der Waals surface area contributed by atoms with Gasteiger partial charge >= 0.3 is 0 Å². The maximum Gasteiger partial charge on any atom is 0.0629 e. The first-order chi connectivity index (χ1) is 6.17. The summed E-state index contributed by atoms with van der Waals surface area (Å²) in [5.41, 5.74) is 6.07. The maximum atomic E-state index is 5.43. The fraction of sp³-hybridized carbons (Fsp3) is 0.500. The predicted molar refractivity (Wildman–Crippen MR) is 54.1 cm³/mol. The number of aryl methyl sites for hydroxylation is 2. The molecule has 3 nitrogen and oxygen atoms in total. The summed E-state index contributed by atoms with van der Waals surface area (Å²) in [5.74, 6) is 5.43. The van der Waals surface area contributed by atoms with Crippen molar-refractivity contribution in [3.05, 3.63) is 29.1 Å². The van der Waals surface area contributed by atoms with Crippen LogP contribution in [0.1, 0.15) is 36.3 Å². The summed E-state index contributed by atoms with van der Waals surface area (Å²) in [5, 5.41) is 0. The molecule has 0 spiro atoms. The van der Waals surface area contributed by atoms with Gasteiger partial charge in [-0.2, -0.15) is 0 Å². The van der Waals surface area contributed by atoms with E-state index in [1.54, 1.807) is 0 Å². The highest BCUT2D eigenvalue weighted by Gasteiger charge is 2.08. The highest BCUT2D eigenvalue weighted by Crippen LogP contribution is 2.15. The molecule has 0 fully saturated rings. The van der Waals surface area contributed by atoms with Crippen LogP contribution < -0.4 is 11.3 Å². The Bertz CT molecular complexity index is 259. The van der Waals surface area contributed by atoms with Crippen molar-refractivity contribution in [2.24, 2.45) is 5.84 Å². The number of nitrogens with one attached hydrogen (secondary N) is 1. The summed E-state index contributed by atoms with van der Waals surface area (Å²) >= 11 is 0. The van der Waals surface area contributed by atoms with Gasteiger partial charge in [-0.15, -0.1) is 0 Å². The summed E-state index contributed by atoms with van der Waals surface area (Å²) in [6.45, 7) is 6.16. The van der Waals surface area contributed by atoms with E-state index >= 15 is 0 Å². The largest absolute Gasteiger partial charge is 0.271 e. The van der Waals surface area contributed by atoms with Crippen molar-refractivity contribution in [1.29, 1.82) is 0 Å². The summed E-state index contributed by atoms with van der Waals surface area (Å²) in [4.78, 5) is 4.43. The van der Waals surface area contributed by atoms with Gasteiger partial charge in [-0.1, -0.05) is 6.92 Å². The van der Waals surface area contributed by atoms with Crippen LogP contribution in [0.3, 0.4) is 0 Å². The van der Waals surface area contributed by atoms with Crippen molar-refractivity contribution in [2.75, 3.05) is 0 Å². The number of pyridine rings is 1. The molecule has 3 N–H and O–H groups in total. The third kappa shape index (κ3) is 2.50. The number of nitrogens with two attached hydrogens (primary N) is 1. The fourth-order valence-electron chi connectivity index (χ4n) is 1.46. The normalized spacial score (nSPS) is 12.9. The lowest BCUT2D eigenvalue weighted by atomic mass is 10.1. The molecule has 1 heterocycles. The molecule has 0 aliphatic heterocycles. The van der Waals surface area contributed by atoms with Crippen LogP contribution in [0.2, 0.25) is 0 Å². The Labute approximate surface area is 79.3 Å². The van der Waals surface area contributed by atoms with Gasteiger partial charge in [-0.25, -0.2) is 0 Å². The second-order valence-corrected chi connectivity index (χ2v) is 3.34. The molecule has 1 unspecified atom stereocenters. The van der Waals surface area contributed by atoms with Crippen LogP contribution in [-0.4, -0.2) is 4.98 Å². The van der Waals surface area contributed by atoms with Gasteiger partial charge in [-0.3, -0.25) is 16.3 Å². The Hall–Kier alpha value is -0.930. The molecular weight excluding hydrogens is 162 g/mol. The van der Waals surface area contributed by atoms with Gasteiger partial charge in [0.1, 0.15) is 0 Å². The zero-order chi connectivity index (χ0) is 9.84.